The molecule has 2 fully saturated rings. The second-order valence-electron chi connectivity index (χ2n) is 8.19. The third-order valence-corrected chi connectivity index (χ3v) is 10.5. The summed E-state index contributed by atoms with van der Waals surface area (Å²) in [6, 6.07) is 9.22. The Labute approximate surface area is 185 Å². The average Bonchev–Trinajstić information content (AvgIpc) is 2.74. The monoisotopic (exact) mass is 471 g/mol. The Morgan fingerprint density at radius 1 is 1.20 bits per heavy atom. The Balaban J connectivity index is 1.86. The molecule has 4 atom stereocenters. The van der Waals surface area contributed by atoms with Gasteiger partial charge in [-0.15, -0.1) is 0 Å². The highest BCUT2D eigenvalue weighted by Crippen LogP contribution is 2.52. The number of hydrogen-bond acceptors (Lipinski definition) is 4. The molecular weight excluding hydrogens is 448 g/mol. The van der Waals surface area contributed by atoms with Crippen molar-refractivity contribution in [1.29, 1.82) is 0 Å². The SMILES string of the molecule is CC[C@@H]1C[C@H]2C[C@@](c3cc(F)ccc3F)(S(=O)(=O)c3ccc(Cl)cc3)CC[C@H]2NS1. The fourth-order valence-corrected chi connectivity index (χ4v) is 8.36. The smallest absolute Gasteiger partial charge is 0.188 e. The lowest BCUT2D eigenvalue weighted by atomic mass is 9.72. The van der Waals surface area contributed by atoms with Crippen molar-refractivity contribution in [3.63, 3.8) is 0 Å². The predicted octanol–water partition coefficient (Wildman–Crippen LogP) is 5.88. The summed E-state index contributed by atoms with van der Waals surface area (Å²) in [5, 5.41) is 0.792. The third-order valence-electron chi connectivity index (χ3n) is 6.48. The topological polar surface area (TPSA) is 46.2 Å². The molecule has 3 nitrogen and oxygen atoms in total. The highest BCUT2D eigenvalue weighted by atomic mass is 35.5. The van der Waals surface area contributed by atoms with Crippen molar-refractivity contribution in [3.8, 4) is 0 Å². The van der Waals surface area contributed by atoms with Crippen LogP contribution >= 0.6 is 23.5 Å². The molecule has 2 aromatic rings. The van der Waals surface area contributed by atoms with E-state index in [-0.39, 0.29) is 35.3 Å². The molecule has 0 spiro atoms. The van der Waals surface area contributed by atoms with E-state index in [9.17, 15) is 12.8 Å². The minimum Gasteiger partial charge on any atom is -0.261 e. The van der Waals surface area contributed by atoms with Gasteiger partial charge in [-0.2, -0.15) is 0 Å². The molecule has 0 amide bonds. The maximum atomic E-state index is 15.0. The zero-order valence-electron chi connectivity index (χ0n) is 16.6. The van der Waals surface area contributed by atoms with Crippen molar-refractivity contribution in [2.45, 2.75) is 60.0 Å². The first-order valence-corrected chi connectivity index (χ1v) is 12.9. The zero-order valence-corrected chi connectivity index (χ0v) is 19.0. The van der Waals surface area contributed by atoms with Gasteiger partial charge in [-0.1, -0.05) is 30.5 Å². The zero-order chi connectivity index (χ0) is 21.5. The van der Waals surface area contributed by atoms with Crippen LogP contribution in [-0.4, -0.2) is 19.7 Å². The highest BCUT2D eigenvalue weighted by Gasteiger charge is 2.53. The molecular formula is C22H24ClF2NO2S2. The summed E-state index contributed by atoms with van der Waals surface area (Å²) in [5.41, 5.74) is -0.0674. The largest absolute Gasteiger partial charge is 0.261 e. The summed E-state index contributed by atoms with van der Waals surface area (Å²) >= 11 is 7.66. The Bertz CT molecular complexity index is 1030. The molecule has 1 N–H and O–H groups in total. The fourth-order valence-electron chi connectivity index (χ4n) is 4.83. The van der Waals surface area contributed by atoms with E-state index in [1.54, 1.807) is 11.9 Å². The lowest BCUT2D eigenvalue weighted by Crippen LogP contribution is -2.51. The van der Waals surface area contributed by atoms with Gasteiger partial charge in [0.25, 0.3) is 0 Å². The molecule has 8 heteroatoms. The minimum atomic E-state index is -4.01. The minimum absolute atomic E-state index is 0.0645. The van der Waals surface area contributed by atoms with Gasteiger partial charge in [0.05, 0.1) is 4.90 Å². The van der Waals surface area contributed by atoms with Crippen LogP contribution in [0, 0.1) is 17.6 Å². The molecule has 0 unspecified atom stereocenters. The second-order valence-corrected chi connectivity index (χ2v) is 12.0. The van der Waals surface area contributed by atoms with E-state index in [1.807, 2.05) is 0 Å². The summed E-state index contributed by atoms with van der Waals surface area (Å²) in [4.78, 5) is 0.0826. The maximum absolute atomic E-state index is 15.0. The first-order valence-electron chi connectivity index (χ1n) is 10.1. The van der Waals surface area contributed by atoms with Gasteiger partial charge in [-0.3, -0.25) is 4.72 Å². The lowest BCUT2D eigenvalue weighted by molar-refractivity contribution is 0.214. The van der Waals surface area contributed by atoms with Crippen LogP contribution in [0.4, 0.5) is 8.78 Å². The highest BCUT2D eigenvalue weighted by molar-refractivity contribution is 7.98. The quantitative estimate of drug-likeness (QED) is 0.566. The predicted molar refractivity (Wildman–Crippen MR) is 117 cm³/mol. The van der Waals surface area contributed by atoms with Crippen LogP contribution in [0.2, 0.25) is 5.02 Å². The Hall–Kier alpha value is -1.15. The fraction of sp³-hybridized carbons (Fsp3) is 0.455. The number of hydrogen-bond donors (Lipinski definition) is 1. The van der Waals surface area contributed by atoms with Gasteiger partial charge in [-0.05, 0) is 80.5 Å². The standard InChI is InChI=1S/C22H24ClF2NO2S2/c1-2-17-11-14-13-22(10-9-21(14)26-29-17,19-12-16(24)5-8-20(19)25)30(27,28)18-6-3-15(23)4-7-18/h3-8,12,14,17,21,26H,2,9-11,13H2,1H3/t14-,17+,21+,22-/m0/s1. The number of benzene rings is 2. The number of fused-ring (bicyclic) bond motifs is 1. The van der Waals surface area contributed by atoms with E-state index in [0.717, 1.165) is 31.0 Å². The van der Waals surface area contributed by atoms with Gasteiger partial charge >= 0.3 is 0 Å². The van der Waals surface area contributed by atoms with Crippen molar-refractivity contribution in [3.05, 3.63) is 64.7 Å². The van der Waals surface area contributed by atoms with Crippen molar-refractivity contribution >= 4 is 33.4 Å². The van der Waals surface area contributed by atoms with Gasteiger partial charge in [0.15, 0.2) is 9.84 Å². The van der Waals surface area contributed by atoms with Gasteiger partial charge < -0.3 is 0 Å². The van der Waals surface area contributed by atoms with Gasteiger partial charge in [0.1, 0.15) is 16.4 Å². The van der Waals surface area contributed by atoms with Gasteiger partial charge in [-0.25, -0.2) is 17.2 Å². The van der Waals surface area contributed by atoms with Crippen LogP contribution in [0.5, 0.6) is 0 Å². The van der Waals surface area contributed by atoms with E-state index in [1.165, 1.54) is 24.3 Å². The van der Waals surface area contributed by atoms with Gasteiger partial charge in [0.2, 0.25) is 0 Å². The van der Waals surface area contributed by atoms with Crippen LogP contribution in [0.3, 0.4) is 0 Å². The summed E-state index contributed by atoms with van der Waals surface area (Å²) in [6.45, 7) is 2.10. The first kappa shape index (κ1) is 22.1. The maximum Gasteiger partial charge on any atom is 0.188 e. The summed E-state index contributed by atoms with van der Waals surface area (Å²) in [6.07, 6.45) is 2.88. The van der Waals surface area contributed by atoms with Crippen molar-refractivity contribution < 1.29 is 17.2 Å². The van der Waals surface area contributed by atoms with Crippen molar-refractivity contribution in [2.24, 2.45) is 5.92 Å². The van der Waals surface area contributed by atoms with Crippen molar-refractivity contribution in [1.82, 2.24) is 4.72 Å². The van der Waals surface area contributed by atoms with E-state index in [2.05, 4.69) is 11.6 Å². The number of rotatable bonds is 4. The second kappa shape index (κ2) is 8.41. The van der Waals surface area contributed by atoms with Crippen LogP contribution in [-0.2, 0) is 14.6 Å². The average molecular weight is 472 g/mol. The lowest BCUT2D eigenvalue weighted by Gasteiger charge is -2.47. The number of halogens is 3. The molecule has 162 valence electrons. The summed E-state index contributed by atoms with van der Waals surface area (Å²) in [7, 11) is -4.01. The van der Waals surface area contributed by atoms with E-state index in [4.69, 9.17) is 11.6 Å². The van der Waals surface area contributed by atoms with Crippen molar-refractivity contribution in [2.75, 3.05) is 0 Å². The third kappa shape index (κ3) is 3.78. The Morgan fingerprint density at radius 3 is 2.63 bits per heavy atom. The molecule has 1 saturated carbocycles. The molecule has 1 aliphatic carbocycles. The summed E-state index contributed by atoms with van der Waals surface area (Å²) in [5.74, 6) is -1.25. The van der Waals surface area contributed by atoms with Crippen LogP contribution in [0.15, 0.2) is 47.4 Å². The Morgan fingerprint density at radius 2 is 1.93 bits per heavy atom. The molecule has 0 aromatic heterocycles. The normalized spacial score (nSPS) is 29.4. The molecule has 1 aliphatic heterocycles. The van der Waals surface area contributed by atoms with Gasteiger partial charge in [0, 0.05) is 21.9 Å². The van der Waals surface area contributed by atoms with Crippen LogP contribution < -0.4 is 4.72 Å². The summed E-state index contributed by atoms with van der Waals surface area (Å²) < 4.78 is 59.0. The van der Waals surface area contributed by atoms with E-state index < -0.39 is 26.2 Å². The Kier molecular flexibility index (Phi) is 6.19. The van der Waals surface area contributed by atoms with Crippen LogP contribution in [0.25, 0.3) is 0 Å². The number of sulfone groups is 1. The molecule has 0 radical (unpaired) electrons. The molecule has 2 aromatic carbocycles. The molecule has 0 bridgehead atoms. The molecule has 30 heavy (non-hydrogen) atoms. The van der Waals surface area contributed by atoms with Crippen LogP contribution in [0.1, 0.15) is 44.6 Å². The van der Waals surface area contributed by atoms with E-state index in [0.29, 0.717) is 16.7 Å². The van der Waals surface area contributed by atoms with E-state index >= 15 is 4.39 Å². The number of nitrogens with one attached hydrogen (secondary N) is 1. The molecule has 1 saturated heterocycles. The molecule has 1 heterocycles. The molecule has 4 rings (SSSR count). The molecule has 2 aliphatic rings. The first-order chi connectivity index (χ1) is 14.3.